The molecule has 1 heterocycles. The van der Waals surface area contributed by atoms with Crippen LogP contribution in [-0.2, 0) is 6.42 Å². The molecule has 0 bridgehead atoms. The molecule has 1 unspecified atom stereocenters. The molecule has 1 saturated heterocycles. The summed E-state index contributed by atoms with van der Waals surface area (Å²) in [6.45, 7) is 4.58. The summed E-state index contributed by atoms with van der Waals surface area (Å²) in [5.74, 6) is 0. The minimum absolute atomic E-state index is 0.299. The average Bonchev–Trinajstić information content (AvgIpc) is 2.39. The summed E-state index contributed by atoms with van der Waals surface area (Å²) in [4.78, 5) is 2.54. The molecule has 1 aromatic rings. The van der Waals surface area contributed by atoms with Gasteiger partial charge < -0.3 is 10.6 Å². The van der Waals surface area contributed by atoms with Crippen LogP contribution >= 0.6 is 0 Å². The van der Waals surface area contributed by atoms with Crippen LogP contribution in [0.25, 0.3) is 0 Å². The second-order valence-electron chi connectivity index (χ2n) is 5.79. The molecule has 2 heteroatoms. The van der Waals surface area contributed by atoms with Crippen molar-refractivity contribution in [1.29, 1.82) is 0 Å². The Kier molecular flexibility index (Phi) is 5.71. The highest BCUT2D eigenvalue weighted by Crippen LogP contribution is 2.20. The molecule has 0 amide bonds. The van der Waals surface area contributed by atoms with E-state index in [-0.39, 0.29) is 0 Å². The summed E-state index contributed by atoms with van der Waals surface area (Å²) in [5.41, 5.74) is 8.76. The summed E-state index contributed by atoms with van der Waals surface area (Å²) in [7, 11) is 0. The normalized spacial score (nSPS) is 18.7. The maximum atomic E-state index is 6.01. The zero-order chi connectivity index (χ0) is 13.5. The fourth-order valence-corrected chi connectivity index (χ4v) is 2.80. The Morgan fingerprint density at radius 3 is 2.16 bits per heavy atom. The van der Waals surface area contributed by atoms with Crippen LogP contribution in [0.2, 0.25) is 0 Å². The monoisotopic (exact) mass is 260 g/mol. The topological polar surface area (TPSA) is 29.3 Å². The van der Waals surface area contributed by atoms with E-state index in [4.69, 9.17) is 5.73 Å². The lowest BCUT2D eigenvalue weighted by atomic mass is 10.0. The molecule has 0 saturated carbocycles. The van der Waals surface area contributed by atoms with E-state index in [0.717, 1.165) is 12.8 Å². The molecule has 2 rings (SSSR count). The molecule has 2 nitrogen and oxygen atoms in total. The molecule has 0 spiro atoms. The zero-order valence-corrected chi connectivity index (χ0v) is 12.3. The third-order valence-electron chi connectivity index (χ3n) is 4.18. The Morgan fingerprint density at radius 1 is 1.00 bits per heavy atom. The van der Waals surface area contributed by atoms with E-state index in [0.29, 0.717) is 6.04 Å². The highest BCUT2D eigenvalue weighted by atomic mass is 15.1. The quantitative estimate of drug-likeness (QED) is 0.893. The smallest absolute Gasteiger partial charge is 0.0366 e. The third kappa shape index (κ3) is 4.54. The molecule has 1 aliphatic heterocycles. The van der Waals surface area contributed by atoms with Gasteiger partial charge in [-0.25, -0.2) is 0 Å². The molecule has 2 N–H and O–H groups in total. The maximum absolute atomic E-state index is 6.01. The average molecular weight is 260 g/mol. The molecular weight excluding hydrogens is 232 g/mol. The van der Waals surface area contributed by atoms with E-state index < -0.39 is 0 Å². The van der Waals surface area contributed by atoms with Crippen molar-refractivity contribution in [3.63, 3.8) is 0 Å². The van der Waals surface area contributed by atoms with E-state index in [1.54, 1.807) is 0 Å². The first-order chi connectivity index (χ1) is 9.29. The highest BCUT2D eigenvalue weighted by Gasteiger charge is 2.09. The maximum Gasteiger partial charge on any atom is 0.0366 e. The molecule has 0 aliphatic carbocycles. The van der Waals surface area contributed by atoms with Gasteiger partial charge in [-0.1, -0.05) is 38.3 Å². The van der Waals surface area contributed by atoms with Gasteiger partial charge in [-0.15, -0.1) is 0 Å². The largest absolute Gasteiger partial charge is 0.372 e. The first kappa shape index (κ1) is 14.4. The number of hydrogen-bond acceptors (Lipinski definition) is 2. The van der Waals surface area contributed by atoms with Crippen molar-refractivity contribution >= 4 is 5.69 Å². The molecule has 0 aromatic heterocycles. The first-order valence-corrected chi connectivity index (χ1v) is 7.89. The van der Waals surface area contributed by atoms with Gasteiger partial charge in [0.05, 0.1) is 0 Å². The van der Waals surface area contributed by atoms with Gasteiger partial charge in [0.15, 0.2) is 0 Å². The molecule has 1 aliphatic rings. The summed E-state index contributed by atoms with van der Waals surface area (Å²) < 4.78 is 0. The van der Waals surface area contributed by atoms with Crippen molar-refractivity contribution in [2.45, 2.75) is 57.9 Å². The molecule has 0 radical (unpaired) electrons. The van der Waals surface area contributed by atoms with Crippen molar-refractivity contribution in [1.82, 2.24) is 0 Å². The first-order valence-electron chi connectivity index (χ1n) is 7.89. The van der Waals surface area contributed by atoms with E-state index in [1.165, 1.54) is 56.4 Å². The van der Waals surface area contributed by atoms with Gasteiger partial charge in [0, 0.05) is 24.8 Å². The van der Waals surface area contributed by atoms with Gasteiger partial charge in [-0.05, 0) is 43.4 Å². The van der Waals surface area contributed by atoms with Crippen molar-refractivity contribution in [3.05, 3.63) is 29.8 Å². The Morgan fingerprint density at radius 2 is 1.58 bits per heavy atom. The second kappa shape index (κ2) is 7.54. The standard InChI is InChI=1S/C17H28N2/c1-2-16(18)14-15-8-10-17(11-9-15)19-12-6-4-3-5-7-13-19/h8-11,16H,2-7,12-14,18H2,1H3. The Labute approximate surface area is 118 Å². The molecule has 19 heavy (non-hydrogen) atoms. The molecule has 1 aromatic carbocycles. The number of rotatable bonds is 4. The Balaban J connectivity index is 1.96. The lowest BCUT2D eigenvalue weighted by molar-refractivity contribution is 0.556. The predicted octanol–water partition coefficient (Wildman–Crippen LogP) is 3.74. The summed E-state index contributed by atoms with van der Waals surface area (Å²) >= 11 is 0. The summed E-state index contributed by atoms with van der Waals surface area (Å²) in [6.07, 6.45) is 8.91. The SMILES string of the molecule is CCC(N)Cc1ccc(N2CCCCCCC2)cc1. The van der Waals surface area contributed by atoms with Gasteiger partial charge in [-0.2, -0.15) is 0 Å². The number of nitrogens with zero attached hydrogens (tertiary/aromatic N) is 1. The minimum atomic E-state index is 0.299. The lowest BCUT2D eigenvalue weighted by Crippen LogP contribution is -2.27. The van der Waals surface area contributed by atoms with Crippen molar-refractivity contribution in [2.75, 3.05) is 18.0 Å². The van der Waals surface area contributed by atoms with Crippen LogP contribution in [0.4, 0.5) is 5.69 Å². The minimum Gasteiger partial charge on any atom is -0.372 e. The number of nitrogens with two attached hydrogens (primary N) is 1. The summed E-state index contributed by atoms with van der Waals surface area (Å²) in [6, 6.07) is 9.36. The molecular formula is C17H28N2. The second-order valence-corrected chi connectivity index (χ2v) is 5.79. The van der Waals surface area contributed by atoms with Crippen molar-refractivity contribution < 1.29 is 0 Å². The van der Waals surface area contributed by atoms with Crippen LogP contribution in [0.15, 0.2) is 24.3 Å². The van der Waals surface area contributed by atoms with Crippen molar-refractivity contribution in [2.24, 2.45) is 5.73 Å². The number of benzene rings is 1. The molecule has 1 atom stereocenters. The van der Waals surface area contributed by atoms with E-state index in [9.17, 15) is 0 Å². The van der Waals surface area contributed by atoms with E-state index >= 15 is 0 Å². The van der Waals surface area contributed by atoms with Gasteiger partial charge in [0.25, 0.3) is 0 Å². The van der Waals surface area contributed by atoms with Crippen LogP contribution in [0.5, 0.6) is 0 Å². The van der Waals surface area contributed by atoms with E-state index in [1.807, 2.05) is 0 Å². The van der Waals surface area contributed by atoms with Crippen LogP contribution in [-0.4, -0.2) is 19.1 Å². The Hall–Kier alpha value is -1.02. The van der Waals surface area contributed by atoms with Crippen LogP contribution in [0, 0.1) is 0 Å². The Bertz CT molecular complexity index is 350. The van der Waals surface area contributed by atoms with Gasteiger partial charge in [0.1, 0.15) is 0 Å². The fraction of sp³-hybridized carbons (Fsp3) is 0.647. The van der Waals surface area contributed by atoms with Gasteiger partial charge >= 0.3 is 0 Å². The van der Waals surface area contributed by atoms with Crippen LogP contribution in [0.1, 0.15) is 51.0 Å². The molecule has 1 fully saturated rings. The number of hydrogen-bond donors (Lipinski definition) is 1. The third-order valence-corrected chi connectivity index (χ3v) is 4.18. The lowest BCUT2D eigenvalue weighted by Gasteiger charge is -2.27. The van der Waals surface area contributed by atoms with Gasteiger partial charge in [-0.3, -0.25) is 0 Å². The molecule has 106 valence electrons. The fourth-order valence-electron chi connectivity index (χ4n) is 2.80. The van der Waals surface area contributed by atoms with E-state index in [2.05, 4.69) is 36.1 Å². The zero-order valence-electron chi connectivity index (χ0n) is 12.3. The van der Waals surface area contributed by atoms with Gasteiger partial charge in [0.2, 0.25) is 0 Å². The predicted molar refractivity (Wildman–Crippen MR) is 83.7 cm³/mol. The number of anilines is 1. The van der Waals surface area contributed by atoms with Crippen molar-refractivity contribution in [3.8, 4) is 0 Å². The summed E-state index contributed by atoms with van der Waals surface area (Å²) in [5, 5.41) is 0. The van der Waals surface area contributed by atoms with Crippen LogP contribution < -0.4 is 10.6 Å². The highest BCUT2D eigenvalue weighted by molar-refractivity contribution is 5.47. The van der Waals surface area contributed by atoms with Crippen LogP contribution in [0.3, 0.4) is 0 Å².